The first-order chi connectivity index (χ1) is 7.20. The van der Waals surface area contributed by atoms with Crippen molar-refractivity contribution in [2.75, 3.05) is 6.61 Å². The molecule has 1 fully saturated rings. The highest BCUT2D eigenvalue weighted by Gasteiger charge is 2.39. The van der Waals surface area contributed by atoms with E-state index in [9.17, 15) is 0 Å². The van der Waals surface area contributed by atoms with Gasteiger partial charge < -0.3 is 14.6 Å². The molecule has 1 aliphatic heterocycles. The van der Waals surface area contributed by atoms with Crippen LogP contribution in [0.4, 0.5) is 0 Å². The first kappa shape index (κ1) is 10.5. The lowest BCUT2D eigenvalue weighted by Crippen LogP contribution is -2.05. The van der Waals surface area contributed by atoms with Crippen LogP contribution >= 0.6 is 0 Å². The van der Waals surface area contributed by atoms with Gasteiger partial charge in [-0.05, 0) is 31.5 Å². The molecular formula is C12H16O3. The molecular weight excluding hydrogens is 192 g/mol. The zero-order valence-corrected chi connectivity index (χ0v) is 9.01. The monoisotopic (exact) mass is 208 g/mol. The molecule has 15 heavy (non-hydrogen) atoms. The normalized spacial score (nSPS) is 24.3. The second-order valence-corrected chi connectivity index (χ2v) is 4.02. The van der Waals surface area contributed by atoms with Crippen molar-refractivity contribution in [3.05, 3.63) is 29.8 Å². The molecule has 0 saturated carbocycles. The highest BCUT2D eigenvalue weighted by atomic mass is 16.6. The van der Waals surface area contributed by atoms with Gasteiger partial charge in [0.1, 0.15) is 18.0 Å². The molecule has 1 aliphatic rings. The molecule has 2 atom stereocenters. The standard InChI is InChI=1S/C12H16O3/c1-8(2)14-10-5-3-4-9(6-10)12-11(7-13)15-12/h3-6,8,11-13H,7H2,1-2H3. The maximum absolute atomic E-state index is 8.90. The Morgan fingerprint density at radius 2 is 2.27 bits per heavy atom. The van der Waals surface area contributed by atoms with Crippen molar-refractivity contribution in [2.24, 2.45) is 0 Å². The number of ether oxygens (including phenoxy) is 2. The van der Waals surface area contributed by atoms with Crippen molar-refractivity contribution >= 4 is 0 Å². The van der Waals surface area contributed by atoms with E-state index >= 15 is 0 Å². The van der Waals surface area contributed by atoms with Gasteiger partial charge in [-0.3, -0.25) is 0 Å². The highest BCUT2D eigenvalue weighted by Crippen LogP contribution is 2.39. The van der Waals surface area contributed by atoms with Crippen molar-refractivity contribution in [3.63, 3.8) is 0 Å². The van der Waals surface area contributed by atoms with Crippen LogP contribution in [0.1, 0.15) is 25.5 Å². The van der Waals surface area contributed by atoms with E-state index < -0.39 is 0 Å². The molecule has 1 saturated heterocycles. The van der Waals surface area contributed by atoms with Gasteiger partial charge in [0.05, 0.1) is 12.7 Å². The van der Waals surface area contributed by atoms with E-state index in [1.807, 2.05) is 38.1 Å². The average Bonchev–Trinajstić information content (AvgIpc) is 2.96. The van der Waals surface area contributed by atoms with Gasteiger partial charge in [-0.2, -0.15) is 0 Å². The Labute approximate surface area is 89.6 Å². The van der Waals surface area contributed by atoms with E-state index in [1.54, 1.807) is 0 Å². The van der Waals surface area contributed by atoms with Crippen LogP contribution < -0.4 is 4.74 Å². The van der Waals surface area contributed by atoms with E-state index in [1.165, 1.54) is 0 Å². The lowest BCUT2D eigenvalue weighted by molar-refractivity contribution is 0.240. The van der Waals surface area contributed by atoms with Crippen molar-refractivity contribution in [3.8, 4) is 5.75 Å². The summed E-state index contributed by atoms with van der Waals surface area (Å²) in [6.07, 6.45) is 0.194. The lowest BCUT2D eigenvalue weighted by atomic mass is 10.1. The first-order valence-corrected chi connectivity index (χ1v) is 5.23. The van der Waals surface area contributed by atoms with E-state index in [2.05, 4.69) is 0 Å². The molecule has 82 valence electrons. The second-order valence-electron chi connectivity index (χ2n) is 4.02. The number of hydrogen-bond acceptors (Lipinski definition) is 3. The van der Waals surface area contributed by atoms with Gasteiger partial charge >= 0.3 is 0 Å². The number of epoxide rings is 1. The van der Waals surface area contributed by atoms with E-state index in [4.69, 9.17) is 14.6 Å². The summed E-state index contributed by atoms with van der Waals surface area (Å²) in [4.78, 5) is 0. The number of aliphatic hydroxyl groups is 1. The third kappa shape index (κ3) is 2.49. The zero-order valence-electron chi connectivity index (χ0n) is 9.01. The molecule has 0 spiro atoms. The Bertz CT molecular complexity index is 335. The number of aliphatic hydroxyl groups excluding tert-OH is 1. The SMILES string of the molecule is CC(C)Oc1cccc(C2OC2CO)c1. The van der Waals surface area contributed by atoms with Gasteiger partial charge in [-0.1, -0.05) is 12.1 Å². The average molecular weight is 208 g/mol. The van der Waals surface area contributed by atoms with Gasteiger partial charge in [0, 0.05) is 0 Å². The molecule has 1 aromatic rings. The number of benzene rings is 1. The predicted octanol–water partition coefficient (Wildman–Crippen LogP) is 1.91. The summed E-state index contributed by atoms with van der Waals surface area (Å²) in [5.74, 6) is 0.856. The summed E-state index contributed by atoms with van der Waals surface area (Å²) in [5, 5.41) is 8.90. The van der Waals surface area contributed by atoms with Gasteiger partial charge in [-0.15, -0.1) is 0 Å². The fourth-order valence-electron chi connectivity index (χ4n) is 1.61. The molecule has 0 amide bonds. The topological polar surface area (TPSA) is 42.0 Å². The molecule has 3 heteroatoms. The van der Waals surface area contributed by atoms with Gasteiger partial charge in [0.2, 0.25) is 0 Å². The summed E-state index contributed by atoms with van der Waals surface area (Å²) < 4.78 is 10.9. The Balaban J connectivity index is 2.06. The minimum Gasteiger partial charge on any atom is -0.491 e. The van der Waals surface area contributed by atoms with Crippen LogP contribution in [0, 0.1) is 0 Å². The minimum atomic E-state index is -0.0284. The van der Waals surface area contributed by atoms with E-state index in [-0.39, 0.29) is 24.9 Å². The molecule has 1 aromatic carbocycles. The second kappa shape index (κ2) is 4.21. The zero-order chi connectivity index (χ0) is 10.8. The predicted molar refractivity (Wildman–Crippen MR) is 56.9 cm³/mol. The molecule has 3 nitrogen and oxygen atoms in total. The van der Waals surface area contributed by atoms with Crippen molar-refractivity contribution < 1.29 is 14.6 Å². The Morgan fingerprint density at radius 1 is 1.47 bits per heavy atom. The van der Waals surface area contributed by atoms with Crippen molar-refractivity contribution in [1.82, 2.24) is 0 Å². The molecule has 2 unspecified atom stereocenters. The largest absolute Gasteiger partial charge is 0.491 e. The van der Waals surface area contributed by atoms with Gasteiger partial charge in [-0.25, -0.2) is 0 Å². The van der Waals surface area contributed by atoms with Crippen molar-refractivity contribution in [1.29, 1.82) is 0 Å². The molecule has 1 heterocycles. The molecule has 0 aromatic heterocycles. The van der Waals surface area contributed by atoms with Crippen LogP contribution in [0.25, 0.3) is 0 Å². The summed E-state index contributed by atoms with van der Waals surface area (Å²) in [6.45, 7) is 4.08. The molecule has 1 N–H and O–H groups in total. The van der Waals surface area contributed by atoms with Gasteiger partial charge in [0.25, 0.3) is 0 Å². The Kier molecular flexibility index (Phi) is 2.93. The molecule has 0 aliphatic carbocycles. The van der Waals surface area contributed by atoms with Gasteiger partial charge in [0.15, 0.2) is 0 Å². The lowest BCUT2D eigenvalue weighted by Gasteiger charge is -2.10. The summed E-state index contributed by atoms with van der Waals surface area (Å²) >= 11 is 0. The highest BCUT2D eigenvalue weighted by molar-refractivity contribution is 5.32. The Hall–Kier alpha value is -1.06. The number of hydrogen-bond donors (Lipinski definition) is 1. The number of rotatable bonds is 4. The fraction of sp³-hybridized carbons (Fsp3) is 0.500. The third-order valence-electron chi connectivity index (χ3n) is 2.32. The van der Waals surface area contributed by atoms with Crippen LogP contribution in [0.3, 0.4) is 0 Å². The Morgan fingerprint density at radius 3 is 2.87 bits per heavy atom. The quantitative estimate of drug-likeness (QED) is 0.768. The van der Waals surface area contributed by atoms with Crippen LogP contribution in [-0.2, 0) is 4.74 Å². The van der Waals surface area contributed by atoms with Crippen LogP contribution in [0.15, 0.2) is 24.3 Å². The van der Waals surface area contributed by atoms with Crippen LogP contribution in [0.2, 0.25) is 0 Å². The third-order valence-corrected chi connectivity index (χ3v) is 2.32. The summed E-state index contributed by atoms with van der Waals surface area (Å²) in [5.41, 5.74) is 1.08. The van der Waals surface area contributed by atoms with Crippen molar-refractivity contribution in [2.45, 2.75) is 32.2 Å². The maximum Gasteiger partial charge on any atom is 0.120 e. The minimum absolute atomic E-state index is 0.0284. The first-order valence-electron chi connectivity index (χ1n) is 5.23. The van der Waals surface area contributed by atoms with Crippen LogP contribution in [-0.4, -0.2) is 23.9 Å². The molecule has 2 rings (SSSR count). The van der Waals surface area contributed by atoms with E-state index in [0.717, 1.165) is 11.3 Å². The van der Waals surface area contributed by atoms with E-state index in [0.29, 0.717) is 0 Å². The smallest absolute Gasteiger partial charge is 0.120 e. The maximum atomic E-state index is 8.90. The molecule has 0 radical (unpaired) electrons. The summed E-state index contributed by atoms with van der Waals surface area (Å²) in [6, 6.07) is 7.84. The molecule has 0 bridgehead atoms. The van der Waals surface area contributed by atoms with Crippen LogP contribution in [0.5, 0.6) is 5.75 Å². The fourth-order valence-corrected chi connectivity index (χ4v) is 1.61. The summed E-state index contributed by atoms with van der Waals surface area (Å²) in [7, 11) is 0.